The molecule has 5 heteroatoms. The minimum atomic E-state index is -0.290. The van der Waals surface area contributed by atoms with Crippen molar-refractivity contribution in [3.63, 3.8) is 0 Å². The summed E-state index contributed by atoms with van der Waals surface area (Å²) in [7, 11) is 0. The molecule has 3 rings (SSSR count). The number of fused-ring (bicyclic) bond motifs is 1. The number of hydrogen-bond acceptors (Lipinski definition) is 2. The number of nitrogens with zero attached hydrogens (tertiary/aromatic N) is 1. The highest BCUT2D eigenvalue weighted by Gasteiger charge is 2.05. The Morgan fingerprint density at radius 3 is 2.78 bits per heavy atom. The second-order valence-electron chi connectivity index (χ2n) is 5.43. The summed E-state index contributed by atoms with van der Waals surface area (Å²) in [4.78, 5) is 19.3. The highest BCUT2D eigenvalue weighted by Crippen LogP contribution is 2.13. The molecular formula is C18H18FN3O. The Kier molecular flexibility index (Phi) is 4.66. The van der Waals surface area contributed by atoms with E-state index in [0.717, 1.165) is 23.3 Å². The number of carbonyl (C=O) groups is 1. The topological polar surface area (TPSA) is 57.8 Å². The lowest BCUT2D eigenvalue weighted by atomic mass is 10.1. The van der Waals surface area contributed by atoms with Crippen molar-refractivity contribution in [3.05, 3.63) is 65.7 Å². The summed E-state index contributed by atoms with van der Waals surface area (Å²) >= 11 is 0. The van der Waals surface area contributed by atoms with Crippen LogP contribution in [0.2, 0.25) is 0 Å². The first-order valence-electron chi connectivity index (χ1n) is 7.65. The van der Waals surface area contributed by atoms with Gasteiger partial charge in [-0.05, 0) is 30.2 Å². The van der Waals surface area contributed by atoms with Crippen LogP contribution in [0.1, 0.15) is 17.8 Å². The minimum Gasteiger partial charge on any atom is -0.356 e. The molecular weight excluding hydrogens is 293 g/mol. The molecule has 23 heavy (non-hydrogen) atoms. The molecule has 0 aliphatic carbocycles. The molecule has 0 aliphatic heterocycles. The number of imidazole rings is 1. The Hall–Kier alpha value is -2.69. The fraction of sp³-hybridized carbons (Fsp3) is 0.222. The van der Waals surface area contributed by atoms with Crippen molar-refractivity contribution in [1.82, 2.24) is 15.3 Å². The second kappa shape index (κ2) is 7.05. The monoisotopic (exact) mass is 311 g/mol. The lowest BCUT2D eigenvalue weighted by Crippen LogP contribution is -2.26. The number of aromatic nitrogens is 2. The maximum atomic E-state index is 13.1. The van der Waals surface area contributed by atoms with Gasteiger partial charge in [0.25, 0.3) is 0 Å². The summed E-state index contributed by atoms with van der Waals surface area (Å²) in [5.41, 5.74) is 2.56. The maximum absolute atomic E-state index is 13.1. The molecule has 118 valence electrons. The smallest absolute Gasteiger partial charge is 0.220 e. The quantitative estimate of drug-likeness (QED) is 0.735. The van der Waals surface area contributed by atoms with Gasteiger partial charge in [0.1, 0.15) is 11.6 Å². The Morgan fingerprint density at radius 1 is 1.13 bits per heavy atom. The molecule has 4 nitrogen and oxygen atoms in total. The van der Waals surface area contributed by atoms with Gasteiger partial charge in [-0.3, -0.25) is 4.79 Å². The van der Waals surface area contributed by atoms with Crippen LogP contribution in [0, 0.1) is 5.82 Å². The second-order valence-corrected chi connectivity index (χ2v) is 5.43. The molecule has 2 N–H and O–H groups in total. The van der Waals surface area contributed by atoms with Gasteiger partial charge in [0.15, 0.2) is 0 Å². The van der Waals surface area contributed by atoms with Gasteiger partial charge in [0.05, 0.1) is 11.0 Å². The SMILES string of the molecule is O=C(CCc1ccccc1)NCCc1nc2ccc(F)cc2[nH]1. The highest BCUT2D eigenvalue weighted by molar-refractivity contribution is 5.76. The molecule has 0 saturated carbocycles. The lowest BCUT2D eigenvalue weighted by Gasteiger charge is -2.04. The van der Waals surface area contributed by atoms with E-state index in [4.69, 9.17) is 0 Å². The molecule has 0 atom stereocenters. The average molecular weight is 311 g/mol. The predicted molar refractivity (Wildman–Crippen MR) is 87.5 cm³/mol. The summed E-state index contributed by atoms with van der Waals surface area (Å²) in [5, 5.41) is 2.88. The summed E-state index contributed by atoms with van der Waals surface area (Å²) < 4.78 is 13.1. The van der Waals surface area contributed by atoms with Crippen molar-refractivity contribution >= 4 is 16.9 Å². The average Bonchev–Trinajstić information content (AvgIpc) is 2.95. The molecule has 0 unspecified atom stereocenters. The van der Waals surface area contributed by atoms with Crippen molar-refractivity contribution < 1.29 is 9.18 Å². The van der Waals surface area contributed by atoms with E-state index in [1.165, 1.54) is 12.1 Å². The van der Waals surface area contributed by atoms with E-state index < -0.39 is 0 Å². The van der Waals surface area contributed by atoms with Crippen LogP contribution in [0.25, 0.3) is 11.0 Å². The molecule has 0 spiro atoms. The molecule has 0 saturated heterocycles. The van der Waals surface area contributed by atoms with Gasteiger partial charge in [0, 0.05) is 19.4 Å². The number of rotatable bonds is 6. The maximum Gasteiger partial charge on any atom is 0.220 e. The molecule has 2 aromatic carbocycles. The van der Waals surface area contributed by atoms with Gasteiger partial charge >= 0.3 is 0 Å². The third-order valence-electron chi connectivity index (χ3n) is 3.66. The Morgan fingerprint density at radius 2 is 1.96 bits per heavy atom. The van der Waals surface area contributed by atoms with Gasteiger partial charge in [-0.15, -0.1) is 0 Å². The zero-order valence-corrected chi connectivity index (χ0v) is 12.7. The van der Waals surface area contributed by atoms with Crippen LogP contribution in [0.5, 0.6) is 0 Å². The number of nitrogens with one attached hydrogen (secondary N) is 2. The van der Waals surface area contributed by atoms with E-state index >= 15 is 0 Å². The van der Waals surface area contributed by atoms with E-state index in [1.54, 1.807) is 6.07 Å². The largest absolute Gasteiger partial charge is 0.356 e. The standard InChI is InChI=1S/C18H18FN3O/c19-14-7-8-15-16(12-14)22-17(21-15)10-11-20-18(23)9-6-13-4-2-1-3-5-13/h1-5,7-8,12H,6,9-11H2,(H,20,23)(H,21,22). The molecule has 0 fully saturated rings. The van der Waals surface area contributed by atoms with Gasteiger partial charge in [0.2, 0.25) is 5.91 Å². The molecule has 1 aromatic heterocycles. The summed E-state index contributed by atoms with van der Waals surface area (Å²) in [5.74, 6) is 0.479. The lowest BCUT2D eigenvalue weighted by molar-refractivity contribution is -0.121. The first kappa shape index (κ1) is 15.2. The van der Waals surface area contributed by atoms with Crippen LogP contribution in [-0.4, -0.2) is 22.4 Å². The molecule has 0 aliphatic rings. The summed E-state index contributed by atoms with van der Waals surface area (Å²) in [6, 6.07) is 14.4. The fourth-order valence-corrected chi connectivity index (χ4v) is 2.46. The van der Waals surface area contributed by atoms with Crippen LogP contribution in [0.4, 0.5) is 4.39 Å². The normalized spacial score (nSPS) is 10.8. The number of H-pyrrole nitrogens is 1. The van der Waals surface area contributed by atoms with Gasteiger partial charge < -0.3 is 10.3 Å². The number of amides is 1. The zero-order valence-electron chi connectivity index (χ0n) is 12.7. The first-order chi connectivity index (χ1) is 11.2. The number of aromatic amines is 1. The van der Waals surface area contributed by atoms with E-state index in [9.17, 15) is 9.18 Å². The van der Waals surface area contributed by atoms with Gasteiger partial charge in [-0.1, -0.05) is 30.3 Å². The Balaban J connectivity index is 1.45. The van der Waals surface area contributed by atoms with Crippen molar-refractivity contribution in [2.24, 2.45) is 0 Å². The number of aryl methyl sites for hydroxylation is 1. The van der Waals surface area contributed by atoms with Gasteiger partial charge in [-0.25, -0.2) is 9.37 Å². The van der Waals surface area contributed by atoms with Gasteiger partial charge in [-0.2, -0.15) is 0 Å². The van der Waals surface area contributed by atoms with Crippen molar-refractivity contribution in [2.75, 3.05) is 6.54 Å². The van der Waals surface area contributed by atoms with E-state index in [1.807, 2.05) is 30.3 Å². The molecule has 0 radical (unpaired) electrons. The molecule has 1 amide bonds. The number of benzene rings is 2. The van der Waals surface area contributed by atoms with Crippen LogP contribution in [0.15, 0.2) is 48.5 Å². The van der Waals surface area contributed by atoms with Crippen molar-refractivity contribution in [3.8, 4) is 0 Å². The van der Waals surface area contributed by atoms with E-state index in [-0.39, 0.29) is 11.7 Å². The fourth-order valence-electron chi connectivity index (χ4n) is 2.46. The molecule has 1 heterocycles. The van der Waals surface area contributed by atoms with Crippen molar-refractivity contribution in [1.29, 1.82) is 0 Å². The first-order valence-corrected chi connectivity index (χ1v) is 7.65. The third-order valence-corrected chi connectivity index (χ3v) is 3.66. The van der Waals surface area contributed by atoms with Crippen LogP contribution in [-0.2, 0) is 17.6 Å². The Labute approximate surface area is 133 Å². The van der Waals surface area contributed by atoms with E-state index in [0.29, 0.717) is 24.9 Å². The number of hydrogen-bond donors (Lipinski definition) is 2. The number of halogens is 1. The minimum absolute atomic E-state index is 0.0241. The summed E-state index contributed by atoms with van der Waals surface area (Å²) in [6.45, 7) is 0.510. The van der Waals surface area contributed by atoms with Crippen molar-refractivity contribution in [2.45, 2.75) is 19.3 Å². The van der Waals surface area contributed by atoms with E-state index in [2.05, 4.69) is 15.3 Å². The molecule has 0 bridgehead atoms. The highest BCUT2D eigenvalue weighted by atomic mass is 19.1. The third kappa shape index (κ3) is 4.16. The van der Waals surface area contributed by atoms with Crippen LogP contribution in [0.3, 0.4) is 0 Å². The predicted octanol–water partition coefficient (Wildman–Crippen LogP) is 2.99. The van der Waals surface area contributed by atoms with Crippen LogP contribution >= 0.6 is 0 Å². The summed E-state index contributed by atoms with van der Waals surface area (Å²) in [6.07, 6.45) is 1.79. The molecule has 3 aromatic rings. The zero-order chi connectivity index (χ0) is 16.1. The Bertz CT molecular complexity index is 798. The van der Waals surface area contributed by atoms with Crippen LogP contribution < -0.4 is 5.32 Å². The number of carbonyl (C=O) groups excluding carboxylic acids is 1.